The molecule has 0 saturated heterocycles. The van der Waals surface area contributed by atoms with E-state index >= 15 is 0 Å². The standard InChI is InChI=1S/C75H142O6/c1-4-7-10-13-16-19-22-25-27-29-31-33-34-35-36-37-38-39-40-42-43-45-47-50-53-56-59-62-65-68-74(77)80-71-72(70-79-73(76)67-64-61-58-55-52-49-24-21-18-15-12-9-6-3)81-75(78)69-66-63-60-57-54-51-48-46-44-41-32-30-28-26-23-20-17-14-11-8-5-2/h21,24,30,32,72H,4-20,22-23,25-29,31,33-71H2,1-3H3/b24-21-,32-30-. The zero-order valence-electron chi connectivity index (χ0n) is 55.1. The average molecular weight is 1140 g/mol. The first-order valence-electron chi connectivity index (χ1n) is 36.8. The summed E-state index contributed by atoms with van der Waals surface area (Å²) in [7, 11) is 0. The topological polar surface area (TPSA) is 78.9 Å². The summed E-state index contributed by atoms with van der Waals surface area (Å²) in [5.41, 5.74) is 0. The van der Waals surface area contributed by atoms with E-state index in [0.717, 1.165) is 64.2 Å². The Morgan fingerprint density at radius 3 is 0.630 bits per heavy atom. The normalized spacial score (nSPS) is 12.1. The monoisotopic (exact) mass is 1140 g/mol. The second-order valence-electron chi connectivity index (χ2n) is 25.2. The van der Waals surface area contributed by atoms with Crippen LogP contribution in [0.1, 0.15) is 419 Å². The van der Waals surface area contributed by atoms with Gasteiger partial charge in [-0.2, -0.15) is 0 Å². The minimum atomic E-state index is -0.774. The van der Waals surface area contributed by atoms with Crippen LogP contribution in [0.2, 0.25) is 0 Å². The molecule has 0 aliphatic heterocycles. The molecule has 478 valence electrons. The molecule has 0 aromatic carbocycles. The molecule has 6 heteroatoms. The van der Waals surface area contributed by atoms with Crippen molar-refractivity contribution in [1.82, 2.24) is 0 Å². The van der Waals surface area contributed by atoms with Gasteiger partial charge in [-0.05, 0) is 70.6 Å². The van der Waals surface area contributed by atoms with E-state index in [4.69, 9.17) is 14.2 Å². The van der Waals surface area contributed by atoms with Gasteiger partial charge in [0.05, 0.1) is 0 Å². The molecule has 81 heavy (non-hydrogen) atoms. The SMILES string of the molecule is CCCCCC/C=C\CCCCCCCC(=O)OCC(COC(=O)CCCCCCCCCCCCCCCCCCCCCCCCCCCCCCC)OC(=O)CCCCCCCCCCC/C=C\CCCCCCCCCC. The number of carbonyl (C=O) groups is 3. The molecule has 0 aromatic rings. The van der Waals surface area contributed by atoms with Crippen molar-refractivity contribution in [2.75, 3.05) is 13.2 Å². The number of rotatable bonds is 69. The van der Waals surface area contributed by atoms with E-state index < -0.39 is 6.10 Å². The van der Waals surface area contributed by atoms with Gasteiger partial charge in [-0.1, -0.05) is 353 Å². The lowest BCUT2D eigenvalue weighted by molar-refractivity contribution is -0.167. The number of hydrogen-bond acceptors (Lipinski definition) is 6. The molecule has 0 spiro atoms. The third-order valence-corrected chi connectivity index (χ3v) is 16.9. The summed E-state index contributed by atoms with van der Waals surface area (Å²) in [5, 5.41) is 0. The van der Waals surface area contributed by atoms with Crippen LogP contribution in [-0.4, -0.2) is 37.2 Å². The van der Waals surface area contributed by atoms with E-state index in [0.29, 0.717) is 19.3 Å². The molecule has 0 radical (unpaired) electrons. The molecule has 0 fully saturated rings. The van der Waals surface area contributed by atoms with Gasteiger partial charge in [0.25, 0.3) is 0 Å². The van der Waals surface area contributed by atoms with Gasteiger partial charge >= 0.3 is 17.9 Å². The lowest BCUT2D eigenvalue weighted by Gasteiger charge is -2.18. The van der Waals surface area contributed by atoms with Crippen LogP contribution < -0.4 is 0 Å². The quantitative estimate of drug-likeness (QED) is 0.0261. The molecular formula is C75H142O6. The second-order valence-corrected chi connectivity index (χ2v) is 25.2. The number of ether oxygens (including phenoxy) is 3. The summed E-state index contributed by atoms with van der Waals surface area (Å²) in [6.45, 7) is 6.70. The number of allylic oxidation sites excluding steroid dienone is 4. The minimum Gasteiger partial charge on any atom is -0.462 e. The van der Waals surface area contributed by atoms with Gasteiger partial charge in [-0.15, -0.1) is 0 Å². The van der Waals surface area contributed by atoms with Crippen LogP contribution in [0.15, 0.2) is 24.3 Å². The summed E-state index contributed by atoms with van der Waals surface area (Å²) in [6.07, 6.45) is 86.6. The van der Waals surface area contributed by atoms with Gasteiger partial charge < -0.3 is 14.2 Å². The van der Waals surface area contributed by atoms with E-state index in [-0.39, 0.29) is 31.1 Å². The first-order valence-corrected chi connectivity index (χ1v) is 36.8. The summed E-state index contributed by atoms with van der Waals surface area (Å²) in [5.74, 6) is -0.849. The van der Waals surface area contributed by atoms with Crippen molar-refractivity contribution < 1.29 is 28.6 Å². The predicted molar refractivity (Wildman–Crippen MR) is 353 cm³/mol. The lowest BCUT2D eigenvalue weighted by atomic mass is 10.0. The highest BCUT2D eigenvalue weighted by Crippen LogP contribution is 2.19. The van der Waals surface area contributed by atoms with E-state index in [1.807, 2.05) is 0 Å². The zero-order valence-corrected chi connectivity index (χ0v) is 55.1. The number of hydrogen-bond donors (Lipinski definition) is 0. The fraction of sp³-hybridized carbons (Fsp3) is 0.907. The average Bonchev–Trinajstić information content (AvgIpc) is 3.46. The van der Waals surface area contributed by atoms with Crippen molar-refractivity contribution in [2.45, 2.75) is 425 Å². The van der Waals surface area contributed by atoms with E-state index in [1.165, 1.54) is 315 Å². The Hall–Kier alpha value is -2.11. The van der Waals surface area contributed by atoms with E-state index in [2.05, 4.69) is 45.1 Å². The summed E-state index contributed by atoms with van der Waals surface area (Å²) in [6, 6.07) is 0. The molecule has 1 unspecified atom stereocenters. The Morgan fingerprint density at radius 2 is 0.407 bits per heavy atom. The molecule has 0 aliphatic carbocycles. The van der Waals surface area contributed by atoms with Crippen LogP contribution in [0.5, 0.6) is 0 Å². The first kappa shape index (κ1) is 78.9. The molecule has 1 atom stereocenters. The van der Waals surface area contributed by atoms with Crippen LogP contribution in [0.3, 0.4) is 0 Å². The van der Waals surface area contributed by atoms with Gasteiger partial charge in [0.1, 0.15) is 13.2 Å². The number of carbonyl (C=O) groups excluding carboxylic acids is 3. The second kappa shape index (κ2) is 70.4. The molecule has 6 nitrogen and oxygen atoms in total. The smallest absolute Gasteiger partial charge is 0.306 e. The van der Waals surface area contributed by atoms with Gasteiger partial charge in [0.15, 0.2) is 6.10 Å². The van der Waals surface area contributed by atoms with Crippen molar-refractivity contribution in [2.24, 2.45) is 0 Å². The fourth-order valence-electron chi connectivity index (χ4n) is 11.4. The third-order valence-electron chi connectivity index (χ3n) is 16.9. The molecule has 0 heterocycles. The van der Waals surface area contributed by atoms with Crippen LogP contribution in [-0.2, 0) is 28.6 Å². The maximum atomic E-state index is 13.0. The van der Waals surface area contributed by atoms with Crippen molar-refractivity contribution in [1.29, 1.82) is 0 Å². The molecule has 0 bridgehead atoms. The minimum absolute atomic E-state index is 0.0692. The maximum Gasteiger partial charge on any atom is 0.306 e. The number of unbranched alkanes of at least 4 members (excludes halogenated alkanes) is 54. The Morgan fingerprint density at radius 1 is 0.235 bits per heavy atom. The fourth-order valence-corrected chi connectivity index (χ4v) is 11.4. The molecular weight excluding hydrogens is 997 g/mol. The molecule has 0 amide bonds. The highest BCUT2D eigenvalue weighted by Gasteiger charge is 2.19. The van der Waals surface area contributed by atoms with Crippen LogP contribution >= 0.6 is 0 Å². The van der Waals surface area contributed by atoms with Crippen molar-refractivity contribution in [3.8, 4) is 0 Å². The zero-order chi connectivity index (χ0) is 58.5. The molecule has 0 aromatic heterocycles. The largest absolute Gasteiger partial charge is 0.462 e. The first-order chi connectivity index (χ1) is 40.0. The Labute approximate surface area is 506 Å². The molecule has 0 aliphatic rings. The van der Waals surface area contributed by atoms with E-state index in [1.54, 1.807) is 0 Å². The molecule has 0 rings (SSSR count). The van der Waals surface area contributed by atoms with Crippen molar-refractivity contribution in [3.63, 3.8) is 0 Å². The van der Waals surface area contributed by atoms with Gasteiger partial charge in [0, 0.05) is 19.3 Å². The lowest BCUT2D eigenvalue weighted by Crippen LogP contribution is -2.30. The summed E-state index contributed by atoms with van der Waals surface area (Å²) < 4.78 is 17.0. The Balaban J connectivity index is 4.17. The highest BCUT2D eigenvalue weighted by atomic mass is 16.6. The summed E-state index contributed by atoms with van der Waals surface area (Å²) in [4.78, 5) is 38.4. The van der Waals surface area contributed by atoms with E-state index in [9.17, 15) is 14.4 Å². The van der Waals surface area contributed by atoms with Crippen LogP contribution in [0.4, 0.5) is 0 Å². The van der Waals surface area contributed by atoms with Crippen molar-refractivity contribution >= 4 is 17.9 Å². The third kappa shape index (κ3) is 68.6. The number of esters is 3. The molecule has 0 N–H and O–H groups in total. The Bertz CT molecular complexity index is 1310. The van der Waals surface area contributed by atoms with Crippen LogP contribution in [0.25, 0.3) is 0 Å². The maximum absolute atomic E-state index is 13.0. The predicted octanol–water partition coefficient (Wildman–Crippen LogP) is 25.3. The van der Waals surface area contributed by atoms with Gasteiger partial charge in [-0.25, -0.2) is 0 Å². The summed E-state index contributed by atoms with van der Waals surface area (Å²) >= 11 is 0. The van der Waals surface area contributed by atoms with Gasteiger partial charge in [-0.3, -0.25) is 14.4 Å². The van der Waals surface area contributed by atoms with Crippen molar-refractivity contribution in [3.05, 3.63) is 24.3 Å². The molecule has 0 saturated carbocycles. The van der Waals surface area contributed by atoms with Gasteiger partial charge in [0.2, 0.25) is 0 Å². The highest BCUT2D eigenvalue weighted by molar-refractivity contribution is 5.71. The van der Waals surface area contributed by atoms with Crippen LogP contribution in [0, 0.1) is 0 Å². The Kier molecular flexibility index (Phi) is 68.5.